The molecule has 1 atom stereocenters. The van der Waals surface area contributed by atoms with E-state index in [0.717, 1.165) is 21.8 Å². The molecular weight excluding hydrogens is 458 g/mol. The molecule has 1 fully saturated rings. The number of anilines is 1. The molecule has 3 amide bonds. The SMILES string of the molecule is O=C1CC2(C(=O)N1Cc1ccccc1)C(=O)N(Cc1csc(-c3ccccc3)n1)c1ccccc12. The molecule has 0 N–H and O–H groups in total. The molecule has 1 unspecified atom stereocenters. The van der Waals surface area contributed by atoms with Crippen LogP contribution in [0.1, 0.15) is 23.2 Å². The fourth-order valence-electron chi connectivity index (χ4n) is 4.98. The maximum atomic E-state index is 13.9. The number of amides is 3. The Kier molecular flexibility index (Phi) is 5.07. The van der Waals surface area contributed by atoms with E-state index in [2.05, 4.69) is 0 Å². The zero-order valence-electron chi connectivity index (χ0n) is 18.8. The van der Waals surface area contributed by atoms with Crippen molar-refractivity contribution in [1.82, 2.24) is 9.88 Å². The number of carbonyl (C=O) groups excluding carboxylic acids is 3. The summed E-state index contributed by atoms with van der Waals surface area (Å²) in [5, 5.41) is 2.81. The summed E-state index contributed by atoms with van der Waals surface area (Å²) in [7, 11) is 0. The van der Waals surface area contributed by atoms with E-state index in [-0.39, 0.29) is 31.3 Å². The highest BCUT2D eigenvalue weighted by molar-refractivity contribution is 7.13. The van der Waals surface area contributed by atoms with Crippen LogP contribution < -0.4 is 4.90 Å². The lowest BCUT2D eigenvalue weighted by Gasteiger charge is -2.22. The summed E-state index contributed by atoms with van der Waals surface area (Å²) in [4.78, 5) is 48.3. The second kappa shape index (κ2) is 8.29. The number of imide groups is 1. The number of rotatable bonds is 5. The molecule has 0 saturated carbocycles. The molecule has 6 nitrogen and oxygen atoms in total. The van der Waals surface area contributed by atoms with Crippen molar-refractivity contribution in [1.29, 1.82) is 0 Å². The Labute approximate surface area is 206 Å². The number of para-hydroxylation sites is 1. The lowest BCUT2D eigenvalue weighted by molar-refractivity contribution is -0.142. The van der Waals surface area contributed by atoms with Gasteiger partial charge in [0.2, 0.25) is 17.7 Å². The highest BCUT2D eigenvalue weighted by Gasteiger charge is 2.63. The van der Waals surface area contributed by atoms with Crippen molar-refractivity contribution in [2.24, 2.45) is 0 Å². The summed E-state index contributed by atoms with van der Waals surface area (Å²) in [5.41, 5.74) is 2.35. The molecule has 1 spiro atoms. The van der Waals surface area contributed by atoms with E-state index in [1.807, 2.05) is 84.2 Å². The molecule has 172 valence electrons. The van der Waals surface area contributed by atoms with Crippen LogP contribution in [0.2, 0.25) is 0 Å². The van der Waals surface area contributed by atoms with Gasteiger partial charge < -0.3 is 4.90 Å². The third-order valence-electron chi connectivity index (χ3n) is 6.67. The van der Waals surface area contributed by atoms with Crippen molar-refractivity contribution in [3.05, 3.63) is 107 Å². The molecule has 2 aliphatic heterocycles. The summed E-state index contributed by atoms with van der Waals surface area (Å²) >= 11 is 1.52. The fourth-order valence-corrected chi connectivity index (χ4v) is 5.80. The number of likely N-dealkylation sites (tertiary alicyclic amines) is 1. The minimum Gasteiger partial charge on any atom is -0.305 e. The molecule has 2 aliphatic rings. The van der Waals surface area contributed by atoms with Crippen LogP contribution in [0.5, 0.6) is 0 Å². The molecule has 4 aromatic rings. The van der Waals surface area contributed by atoms with Crippen LogP contribution in [0.25, 0.3) is 10.6 Å². The fraction of sp³-hybridized carbons (Fsp3) is 0.143. The summed E-state index contributed by atoms with van der Waals surface area (Å²) < 4.78 is 0. The number of hydrogen-bond acceptors (Lipinski definition) is 5. The quantitative estimate of drug-likeness (QED) is 0.311. The van der Waals surface area contributed by atoms with Crippen LogP contribution in [-0.4, -0.2) is 27.6 Å². The van der Waals surface area contributed by atoms with Crippen LogP contribution in [0.3, 0.4) is 0 Å². The highest BCUT2D eigenvalue weighted by Crippen LogP contribution is 2.49. The van der Waals surface area contributed by atoms with Crippen LogP contribution >= 0.6 is 11.3 Å². The van der Waals surface area contributed by atoms with E-state index in [1.165, 1.54) is 16.2 Å². The van der Waals surface area contributed by atoms with Gasteiger partial charge in [-0.3, -0.25) is 19.3 Å². The monoisotopic (exact) mass is 479 g/mol. The van der Waals surface area contributed by atoms with Gasteiger partial charge in [0.25, 0.3) is 0 Å². The third-order valence-corrected chi connectivity index (χ3v) is 7.61. The average Bonchev–Trinajstić information content (AvgIpc) is 3.53. The van der Waals surface area contributed by atoms with Gasteiger partial charge in [-0.1, -0.05) is 78.9 Å². The van der Waals surface area contributed by atoms with Gasteiger partial charge in [0.1, 0.15) is 5.01 Å². The largest absolute Gasteiger partial charge is 0.305 e. The molecule has 7 heteroatoms. The van der Waals surface area contributed by atoms with E-state index < -0.39 is 11.3 Å². The van der Waals surface area contributed by atoms with Crippen LogP contribution in [0.4, 0.5) is 5.69 Å². The summed E-state index contributed by atoms with van der Waals surface area (Å²) in [6.07, 6.45) is -0.155. The topological polar surface area (TPSA) is 70.6 Å². The van der Waals surface area contributed by atoms with Gasteiger partial charge in [0.05, 0.1) is 25.2 Å². The van der Waals surface area contributed by atoms with E-state index in [0.29, 0.717) is 11.3 Å². The molecule has 3 aromatic carbocycles. The maximum Gasteiger partial charge on any atom is 0.250 e. The minimum absolute atomic E-state index is 0.155. The molecule has 3 heterocycles. The van der Waals surface area contributed by atoms with E-state index in [4.69, 9.17) is 4.98 Å². The number of nitrogens with zero attached hydrogens (tertiary/aromatic N) is 3. The van der Waals surface area contributed by atoms with Crippen molar-refractivity contribution in [3.8, 4) is 10.6 Å². The smallest absolute Gasteiger partial charge is 0.250 e. The number of aromatic nitrogens is 1. The summed E-state index contributed by atoms with van der Waals surface area (Å²) in [6, 6.07) is 26.5. The number of hydrogen-bond donors (Lipinski definition) is 0. The number of carbonyl (C=O) groups is 3. The minimum atomic E-state index is -1.51. The molecule has 1 saturated heterocycles. The molecule has 35 heavy (non-hydrogen) atoms. The van der Waals surface area contributed by atoms with Crippen LogP contribution in [0, 0.1) is 0 Å². The number of fused-ring (bicyclic) bond motifs is 2. The van der Waals surface area contributed by atoms with Crippen LogP contribution in [0.15, 0.2) is 90.3 Å². The summed E-state index contributed by atoms with van der Waals surface area (Å²) in [5.74, 6) is -1.14. The molecule has 1 aromatic heterocycles. The number of benzene rings is 3. The van der Waals surface area contributed by atoms with Gasteiger partial charge in [0.15, 0.2) is 5.41 Å². The predicted molar refractivity (Wildman–Crippen MR) is 133 cm³/mol. The van der Waals surface area contributed by atoms with E-state index >= 15 is 0 Å². The van der Waals surface area contributed by atoms with Gasteiger partial charge in [-0.05, 0) is 11.6 Å². The molecular formula is C28H21N3O3S. The Hall–Kier alpha value is -4.10. The van der Waals surface area contributed by atoms with Gasteiger partial charge in [-0.15, -0.1) is 11.3 Å². The Morgan fingerprint density at radius 1 is 0.771 bits per heavy atom. The van der Waals surface area contributed by atoms with Crippen molar-refractivity contribution < 1.29 is 14.4 Å². The zero-order chi connectivity index (χ0) is 24.0. The van der Waals surface area contributed by atoms with Gasteiger partial charge in [-0.2, -0.15) is 0 Å². The Morgan fingerprint density at radius 3 is 2.20 bits per heavy atom. The van der Waals surface area contributed by atoms with Crippen molar-refractivity contribution in [2.45, 2.75) is 24.9 Å². The maximum absolute atomic E-state index is 13.9. The molecule has 0 radical (unpaired) electrons. The highest BCUT2D eigenvalue weighted by atomic mass is 32.1. The van der Waals surface area contributed by atoms with E-state index in [1.54, 1.807) is 11.0 Å². The first-order chi connectivity index (χ1) is 17.1. The first kappa shape index (κ1) is 21.4. The zero-order valence-corrected chi connectivity index (χ0v) is 19.6. The normalized spacial score (nSPS) is 19.1. The van der Waals surface area contributed by atoms with Gasteiger partial charge in [0, 0.05) is 22.2 Å². The third kappa shape index (κ3) is 3.39. The van der Waals surface area contributed by atoms with Gasteiger partial charge in [-0.25, -0.2) is 4.98 Å². The Bertz CT molecular complexity index is 1450. The molecule has 6 rings (SSSR count). The predicted octanol–water partition coefficient (Wildman–Crippen LogP) is 4.55. The Morgan fingerprint density at radius 2 is 1.43 bits per heavy atom. The standard InChI is InChI=1S/C28H21N3O3S/c32-24-15-28(27(34)31(24)16-19-9-3-1-4-10-19)22-13-7-8-14-23(22)30(26(28)33)17-21-18-35-25(29-21)20-11-5-2-6-12-20/h1-14,18H,15-17H2. The Balaban J connectivity index is 1.33. The molecule has 0 bridgehead atoms. The lowest BCUT2D eigenvalue weighted by Crippen LogP contribution is -2.46. The van der Waals surface area contributed by atoms with E-state index in [9.17, 15) is 14.4 Å². The first-order valence-corrected chi connectivity index (χ1v) is 12.3. The molecule has 0 aliphatic carbocycles. The van der Waals surface area contributed by atoms with Crippen molar-refractivity contribution >= 4 is 34.7 Å². The first-order valence-electron chi connectivity index (χ1n) is 11.4. The second-order valence-electron chi connectivity index (χ2n) is 8.77. The van der Waals surface area contributed by atoms with Crippen LogP contribution in [-0.2, 0) is 32.9 Å². The summed E-state index contributed by atoms with van der Waals surface area (Å²) in [6.45, 7) is 0.392. The van der Waals surface area contributed by atoms with Crippen molar-refractivity contribution in [3.63, 3.8) is 0 Å². The average molecular weight is 480 g/mol. The van der Waals surface area contributed by atoms with Gasteiger partial charge >= 0.3 is 0 Å². The van der Waals surface area contributed by atoms with Crippen molar-refractivity contribution in [2.75, 3.05) is 4.90 Å². The number of thiazole rings is 1. The second-order valence-corrected chi connectivity index (χ2v) is 9.63. The lowest BCUT2D eigenvalue weighted by atomic mass is 9.80.